The molecule has 12 heavy (non-hydrogen) atoms. The van der Waals surface area contributed by atoms with E-state index in [1.807, 2.05) is 6.92 Å². The van der Waals surface area contributed by atoms with Crippen LogP contribution in [0.15, 0.2) is 0 Å². The Balaban J connectivity index is 2.33. The maximum absolute atomic E-state index is 9.62. The molecule has 0 aromatic heterocycles. The highest BCUT2D eigenvalue weighted by Crippen LogP contribution is 2.25. The molecule has 2 atom stereocenters. The SMILES string of the molecule is CCC(O)C(C)N(C)C1CCC1. The number of hydrogen-bond donors (Lipinski definition) is 1. The molecule has 0 radical (unpaired) electrons. The summed E-state index contributed by atoms with van der Waals surface area (Å²) in [6.45, 7) is 4.16. The molecule has 2 nitrogen and oxygen atoms in total. The predicted molar refractivity (Wildman–Crippen MR) is 51.2 cm³/mol. The summed E-state index contributed by atoms with van der Waals surface area (Å²) < 4.78 is 0. The molecule has 72 valence electrons. The van der Waals surface area contributed by atoms with Crippen molar-refractivity contribution in [1.29, 1.82) is 0 Å². The van der Waals surface area contributed by atoms with Crippen LogP contribution in [0.5, 0.6) is 0 Å². The fourth-order valence-electron chi connectivity index (χ4n) is 1.74. The fraction of sp³-hybridized carbons (Fsp3) is 1.00. The van der Waals surface area contributed by atoms with Crippen LogP contribution < -0.4 is 0 Å². The van der Waals surface area contributed by atoms with Crippen molar-refractivity contribution in [2.24, 2.45) is 0 Å². The lowest BCUT2D eigenvalue weighted by Gasteiger charge is -2.40. The van der Waals surface area contributed by atoms with Gasteiger partial charge in [-0.15, -0.1) is 0 Å². The lowest BCUT2D eigenvalue weighted by molar-refractivity contribution is 0.0260. The van der Waals surface area contributed by atoms with Crippen LogP contribution in [0.2, 0.25) is 0 Å². The zero-order valence-electron chi connectivity index (χ0n) is 8.45. The maximum Gasteiger partial charge on any atom is 0.0690 e. The van der Waals surface area contributed by atoms with Gasteiger partial charge in [-0.3, -0.25) is 4.90 Å². The molecule has 0 aliphatic heterocycles. The van der Waals surface area contributed by atoms with Crippen molar-refractivity contribution < 1.29 is 5.11 Å². The Labute approximate surface area is 75.6 Å². The first-order valence-corrected chi connectivity index (χ1v) is 5.06. The minimum atomic E-state index is -0.157. The van der Waals surface area contributed by atoms with Gasteiger partial charge in [-0.25, -0.2) is 0 Å². The number of nitrogens with zero attached hydrogens (tertiary/aromatic N) is 1. The van der Waals surface area contributed by atoms with Crippen LogP contribution in [0, 0.1) is 0 Å². The number of rotatable bonds is 4. The molecule has 0 heterocycles. The molecule has 1 fully saturated rings. The van der Waals surface area contributed by atoms with Crippen LogP contribution in [0.25, 0.3) is 0 Å². The predicted octanol–water partition coefficient (Wildman–Crippen LogP) is 1.63. The number of aliphatic hydroxyl groups excluding tert-OH is 1. The third-order valence-electron chi connectivity index (χ3n) is 3.27. The zero-order chi connectivity index (χ0) is 9.14. The molecule has 0 saturated heterocycles. The Bertz CT molecular complexity index is 125. The minimum Gasteiger partial charge on any atom is -0.392 e. The van der Waals surface area contributed by atoms with Crippen molar-refractivity contribution in [2.45, 2.75) is 57.7 Å². The second-order valence-electron chi connectivity index (χ2n) is 3.97. The first-order valence-electron chi connectivity index (χ1n) is 5.06. The third-order valence-corrected chi connectivity index (χ3v) is 3.27. The van der Waals surface area contributed by atoms with E-state index in [2.05, 4.69) is 18.9 Å². The number of aliphatic hydroxyl groups is 1. The van der Waals surface area contributed by atoms with Gasteiger partial charge in [0.1, 0.15) is 0 Å². The van der Waals surface area contributed by atoms with Gasteiger partial charge in [-0.1, -0.05) is 13.3 Å². The van der Waals surface area contributed by atoms with Crippen molar-refractivity contribution >= 4 is 0 Å². The summed E-state index contributed by atoms with van der Waals surface area (Å²) in [6, 6.07) is 1.06. The maximum atomic E-state index is 9.62. The van der Waals surface area contributed by atoms with Gasteiger partial charge < -0.3 is 5.11 Å². The molecule has 0 aromatic rings. The van der Waals surface area contributed by atoms with Gasteiger partial charge in [-0.05, 0) is 33.2 Å². The molecular formula is C10H21NO. The molecule has 1 N–H and O–H groups in total. The molecule has 1 saturated carbocycles. The monoisotopic (exact) mass is 171 g/mol. The van der Waals surface area contributed by atoms with E-state index in [0.717, 1.165) is 12.5 Å². The normalized spacial score (nSPS) is 23.8. The van der Waals surface area contributed by atoms with Crippen molar-refractivity contribution in [3.63, 3.8) is 0 Å². The van der Waals surface area contributed by atoms with Gasteiger partial charge in [-0.2, -0.15) is 0 Å². The van der Waals surface area contributed by atoms with Crippen LogP contribution in [0.4, 0.5) is 0 Å². The zero-order valence-corrected chi connectivity index (χ0v) is 8.45. The lowest BCUT2D eigenvalue weighted by atomic mass is 9.90. The fourth-order valence-corrected chi connectivity index (χ4v) is 1.74. The van der Waals surface area contributed by atoms with E-state index in [1.54, 1.807) is 0 Å². The summed E-state index contributed by atoms with van der Waals surface area (Å²) in [4.78, 5) is 2.33. The van der Waals surface area contributed by atoms with Crippen molar-refractivity contribution in [3.05, 3.63) is 0 Å². The quantitative estimate of drug-likeness (QED) is 0.695. The van der Waals surface area contributed by atoms with E-state index < -0.39 is 0 Å². The highest BCUT2D eigenvalue weighted by molar-refractivity contribution is 4.83. The standard InChI is InChI=1S/C10H21NO/c1-4-10(12)8(2)11(3)9-6-5-7-9/h8-10,12H,4-7H2,1-3H3. The molecule has 1 rings (SSSR count). The highest BCUT2D eigenvalue weighted by atomic mass is 16.3. The van der Waals surface area contributed by atoms with E-state index in [1.165, 1.54) is 19.3 Å². The summed E-state index contributed by atoms with van der Waals surface area (Å²) in [7, 11) is 2.13. The average molecular weight is 171 g/mol. The summed E-state index contributed by atoms with van der Waals surface area (Å²) in [5.74, 6) is 0. The molecule has 2 unspecified atom stereocenters. The van der Waals surface area contributed by atoms with Gasteiger partial charge in [0.25, 0.3) is 0 Å². The second kappa shape index (κ2) is 4.24. The van der Waals surface area contributed by atoms with Gasteiger partial charge in [0.2, 0.25) is 0 Å². The van der Waals surface area contributed by atoms with E-state index in [0.29, 0.717) is 6.04 Å². The highest BCUT2D eigenvalue weighted by Gasteiger charge is 2.27. The first-order chi connectivity index (χ1) is 5.66. The van der Waals surface area contributed by atoms with Crippen LogP contribution in [0.3, 0.4) is 0 Å². The third kappa shape index (κ3) is 1.99. The molecule has 1 aliphatic carbocycles. The second-order valence-corrected chi connectivity index (χ2v) is 3.97. The Morgan fingerprint density at radius 2 is 2.08 bits per heavy atom. The van der Waals surface area contributed by atoms with Crippen molar-refractivity contribution in [1.82, 2.24) is 4.90 Å². The van der Waals surface area contributed by atoms with E-state index in [-0.39, 0.29) is 6.10 Å². The van der Waals surface area contributed by atoms with Crippen molar-refractivity contribution in [2.75, 3.05) is 7.05 Å². The topological polar surface area (TPSA) is 23.5 Å². The lowest BCUT2D eigenvalue weighted by Crippen LogP contribution is -2.47. The van der Waals surface area contributed by atoms with Crippen LogP contribution in [-0.2, 0) is 0 Å². The molecule has 1 aliphatic rings. The van der Waals surface area contributed by atoms with E-state index in [4.69, 9.17) is 0 Å². The Hall–Kier alpha value is -0.0800. The number of hydrogen-bond acceptors (Lipinski definition) is 2. The summed E-state index contributed by atoms with van der Waals surface area (Å²) in [6.07, 6.45) is 4.70. The molecule has 2 heteroatoms. The Kier molecular flexibility index (Phi) is 3.53. The van der Waals surface area contributed by atoms with Gasteiger partial charge in [0.05, 0.1) is 6.10 Å². The van der Waals surface area contributed by atoms with Crippen molar-refractivity contribution in [3.8, 4) is 0 Å². The average Bonchev–Trinajstić information content (AvgIpc) is 1.98. The van der Waals surface area contributed by atoms with Crippen LogP contribution in [0.1, 0.15) is 39.5 Å². The first kappa shape index (κ1) is 10.0. The molecule has 0 amide bonds. The largest absolute Gasteiger partial charge is 0.392 e. The number of likely N-dealkylation sites (N-methyl/N-ethyl adjacent to an activating group) is 1. The summed E-state index contributed by atoms with van der Waals surface area (Å²) in [5.41, 5.74) is 0. The Morgan fingerprint density at radius 1 is 1.50 bits per heavy atom. The van der Waals surface area contributed by atoms with Gasteiger partial charge in [0, 0.05) is 12.1 Å². The van der Waals surface area contributed by atoms with E-state index in [9.17, 15) is 5.11 Å². The minimum absolute atomic E-state index is 0.157. The summed E-state index contributed by atoms with van der Waals surface area (Å²) >= 11 is 0. The summed E-state index contributed by atoms with van der Waals surface area (Å²) in [5, 5.41) is 9.62. The van der Waals surface area contributed by atoms with Gasteiger partial charge in [0.15, 0.2) is 0 Å². The molecule has 0 bridgehead atoms. The van der Waals surface area contributed by atoms with Crippen LogP contribution >= 0.6 is 0 Å². The van der Waals surface area contributed by atoms with Gasteiger partial charge >= 0.3 is 0 Å². The van der Waals surface area contributed by atoms with E-state index >= 15 is 0 Å². The smallest absolute Gasteiger partial charge is 0.0690 e. The molecular weight excluding hydrogens is 150 g/mol. The molecule has 0 aromatic carbocycles. The Morgan fingerprint density at radius 3 is 2.42 bits per heavy atom. The van der Waals surface area contributed by atoms with Crippen LogP contribution in [-0.4, -0.2) is 35.2 Å². The molecule has 0 spiro atoms.